The molecule has 4 heteroatoms. The van der Waals surface area contributed by atoms with Crippen LogP contribution in [-0.2, 0) is 11.3 Å². The molecular formula is C19H21N3O. The third-order valence-electron chi connectivity index (χ3n) is 3.98. The van der Waals surface area contributed by atoms with Crippen molar-refractivity contribution in [1.82, 2.24) is 4.90 Å². The zero-order valence-electron chi connectivity index (χ0n) is 13.7. The number of hydrogen-bond donors (Lipinski definition) is 1. The zero-order valence-corrected chi connectivity index (χ0v) is 13.7. The van der Waals surface area contributed by atoms with Crippen LogP contribution in [0, 0.1) is 18.3 Å². The smallest absolute Gasteiger partial charge is 0.241 e. The van der Waals surface area contributed by atoms with Crippen LogP contribution in [0.15, 0.2) is 48.5 Å². The summed E-state index contributed by atoms with van der Waals surface area (Å²) in [6, 6.07) is 16.9. The van der Waals surface area contributed by atoms with E-state index in [2.05, 4.69) is 30.4 Å². The normalized spacial score (nSPS) is 11.8. The van der Waals surface area contributed by atoms with Gasteiger partial charge in [0.2, 0.25) is 5.91 Å². The molecule has 4 nitrogen and oxygen atoms in total. The van der Waals surface area contributed by atoms with Crippen LogP contribution in [0.2, 0.25) is 0 Å². The van der Waals surface area contributed by atoms with Gasteiger partial charge in [-0.1, -0.05) is 30.3 Å². The number of nitrogens with zero attached hydrogens (tertiary/aromatic N) is 2. The lowest BCUT2D eigenvalue weighted by atomic mass is 10.1. The number of nitriles is 1. The standard InChI is InChI=1S/C19H21N3O/c1-14-7-4-5-9-17(14)13-22(3)15(2)19(23)21-18-10-6-8-16(11-18)12-20/h4-11,15H,13H2,1-3H3,(H,21,23)/t15-/m0/s1. The Labute approximate surface area is 137 Å². The summed E-state index contributed by atoms with van der Waals surface area (Å²) in [6.45, 7) is 4.66. The van der Waals surface area contributed by atoms with Gasteiger partial charge in [0.05, 0.1) is 17.7 Å². The van der Waals surface area contributed by atoms with Crippen LogP contribution in [0.1, 0.15) is 23.6 Å². The van der Waals surface area contributed by atoms with Crippen molar-refractivity contribution >= 4 is 11.6 Å². The molecular weight excluding hydrogens is 286 g/mol. The molecule has 0 heterocycles. The average Bonchev–Trinajstić information content (AvgIpc) is 2.56. The lowest BCUT2D eigenvalue weighted by Gasteiger charge is -2.24. The number of rotatable bonds is 5. The second kappa shape index (κ2) is 7.57. The number of anilines is 1. The number of amides is 1. The molecule has 23 heavy (non-hydrogen) atoms. The van der Waals surface area contributed by atoms with E-state index in [1.807, 2.05) is 31.0 Å². The van der Waals surface area contributed by atoms with Crippen molar-refractivity contribution in [3.63, 3.8) is 0 Å². The molecule has 0 spiro atoms. The molecule has 0 fully saturated rings. The van der Waals surface area contributed by atoms with Gasteiger partial charge in [-0.3, -0.25) is 9.69 Å². The molecule has 1 N–H and O–H groups in total. The molecule has 2 aromatic rings. The van der Waals surface area contributed by atoms with E-state index in [0.29, 0.717) is 17.8 Å². The summed E-state index contributed by atoms with van der Waals surface area (Å²) in [5, 5.41) is 11.8. The van der Waals surface area contributed by atoms with E-state index in [9.17, 15) is 4.79 Å². The maximum Gasteiger partial charge on any atom is 0.241 e. The van der Waals surface area contributed by atoms with Crippen molar-refractivity contribution in [2.24, 2.45) is 0 Å². The van der Waals surface area contributed by atoms with Crippen molar-refractivity contribution in [3.8, 4) is 6.07 Å². The molecule has 0 unspecified atom stereocenters. The Balaban J connectivity index is 2.01. The van der Waals surface area contributed by atoms with E-state index in [0.717, 1.165) is 0 Å². The van der Waals surface area contributed by atoms with E-state index in [1.165, 1.54) is 11.1 Å². The van der Waals surface area contributed by atoms with Crippen LogP contribution in [0.4, 0.5) is 5.69 Å². The van der Waals surface area contributed by atoms with Gasteiger partial charge >= 0.3 is 0 Å². The molecule has 0 radical (unpaired) electrons. The summed E-state index contributed by atoms with van der Waals surface area (Å²) in [5.41, 5.74) is 3.60. The molecule has 0 aliphatic rings. The monoisotopic (exact) mass is 307 g/mol. The van der Waals surface area contributed by atoms with Crippen LogP contribution >= 0.6 is 0 Å². The predicted octanol–water partition coefficient (Wildman–Crippen LogP) is 3.33. The molecule has 2 aromatic carbocycles. The fourth-order valence-electron chi connectivity index (χ4n) is 2.31. The number of nitrogens with one attached hydrogen (secondary N) is 1. The minimum absolute atomic E-state index is 0.0869. The summed E-state index contributed by atoms with van der Waals surface area (Å²) in [4.78, 5) is 14.4. The Morgan fingerprint density at radius 1 is 1.26 bits per heavy atom. The number of likely N-dealkylation sites (N-methyl/N-ethyl adjacent to an activating group) is 1. The van der Waals surface area contributed by atoms with E-state index in [-0.39, 0.29) is 11.9 Å². The van der Waals surface area contributed by atoms with E-state index in [1.54, 1.807) is 24.3 Å². The first kappa shape index (κ1) is 16.7. The highest BCUT2D eigenvalue weighted by atomic mass is 16.2. The predicted molar refractivity (Wildman–Crippen MR) is 91.9 cm³/mol. The molecule has 118 valence electrons. The average molecular weight is 307 g/mol. The van der Waals surface area contributed by atoms with Gasteiger partial charge in [-0.15, -0.1) is 0 Å². The summed E-state index contributed by atoms with van der Waals surface area (Å²) >= 11 is 0. The summed E-state index contributed by atoms with van der Waals surface area (Å²) in [5.74, 6) is -0.0869. The van der Waals surface area contributed by atoms with Crippen LogP contribution in [0.5, 0.6) is 0 Å². The molecule has 1 amide bonds. The van der Waals surface area contributed by atoms with Crippen LogP contribution in [0.3, 0.4) is 0 Å². The Hall–Kier alpha value is -2.64. The first-order valence-corrected chi connectivity index (χ1v) is 7.57. The van der Waals surface area contributed by atoms with Gasteiger partial charge in [0, 0.05) is 12.2 Å². The summed E-state index contributed by atoms with van der Waals surface area (Å²) in [7, 11) is 1.93. The van der Waals surface area contributed by atoms with Crippen LogP contribution in [-0.4, -0.2) is 23.9 Å². The number of carbonyl (C=O) groups is 1. The van der Waals surface area contributed by atoms with Crippen molar-refractivity contribution in [1.29, 1.82) is 5.26 Å². The second-order valence-corrected chi connectivity index (χ2v) is 5.70. The van der Waals surface area contributed by atoms with Gasteiger partial charge < -0.3 is 5.32 Å². The Morgan fingerprint density at radius 2 is 2.00 bits per heavy atom. The second-order valence-electron chi connectivity index (χ2n) is 5.70. The van der Waals surface area contributed by atoms with E-state index < -0.39 is 0 Å². The highest BCUT2D eigenvalue weighted by Gasteiger charge is 2.18. The van der Waals surface area contributed by atoms with Gasteiger partial charge in [-0.25, -0.2) is 0 Å². The molecule has 1 atom stereocenters. The first-order chi connectivity index (χ1) is 11.0. The zero-order chi connectivity index (χ0) is 16.8. The van der Waals surface area contributed by atoms with Crippen molar-refractivity contribution < 1.29 is 4.79 Å². The fraction of sp³-hybridized carbons (Fsp3) is 0.263. The van der Waals surface area contributed by atoms with Gasteiger partial charge in [-0.05, 0) is 50.2 Å². The van der Waals surface area contributed by atoms with Crippen LogP contribution in [0.25, 0.3) is 0 Å². The molecule has 0 aliphatic heterocycles. The fourth-order valence-corrected chi connectivity index (χ4v) is 2.31. The maximum absolute atomic E-state index is 12.4. The minimum Gasteiger partial charge on any atom is -0.325 e. The molecule has 0 aromatic heterocycles. The summed E-state index contributed by atoms with van der Waals surface area (Å²) < 4.78 is 0. The minimum atomic E-state index is -0.277. The van der Waals surface area contributed by atoms with Gasteiger partial charge in [0.15, 0.2) is 0 Å². The third kappa shape index (κ3) is 4.41. The Kier molecular flexibility index (Phi) is 5.51. The maximum atomic E-state index is 12.4. The van der Waals surface area contributed by atoms with Crippen LogP contribution < -0.4 is 5.32 Å². The largest absolute Gasteiger partial charge is 0.325 e. The SMILES string of the molecule is Cc1ccccc1CN(C)[C@@H](C)C(=O)Nc1cccc(C#N)c1. The lowest BCUT2D eigenvalue weighted by molar-refractivity contribution is -0.120. The molecule has 0 saturated heterocycles. The number of benzene rings is 2. The quantitative estimate of drug-likeness (QED) is 0.922. The number of aryl methyl sites for hydroxylation is 1. The van der Waals surface area contributed by atoms with E-state index in [4.69, 9.17) is 5.26 Å². The number of carbonyl (C=O) groups excluding carboxylic acids is 1. The Morgan fingerprint density at radius 3 is 2.70 bits per heavy atom. The molecule has 2 rings (SSSR count). The topological polar surface area (TPSA) is 56.1 Å². The molecule has 0 aliphatic carbocycles. The van der Waals surface area contributed by atoms with Gasteiger partial charge in [0.25, 0.3) is 0 Å². The van der Waals surface area contributed by atoms with E-state index >= 15 is 0 Å². The van der Waals surface area contributed by atoms with Crippen molar-refractivity contribution in [2.45, 2.75) is 26.4 Å². The van der Waals surface area contributed by atoms with Crippen molar-refractivity contribution in [3.05, 3.63) is 65.2 Å². The molecule has 0 bridgehead atoms. The lowest BCUT2D eigenvalue weighted by Crippen LogP contribution is -2.39. The van der Waals surface area contributed by atoms with Gasteiger partial charge in [0.1, 0.15) is 0 Å². The number of hydrogen-bond acceptors (Lipinski definition) is 3. The summed E-state index contributed by atoms with van der Waals surface area (Å²) in [6.07, 6.45) is 0. The first-order valence-electron chi connectivity index (χ1n) is 7.57. The van der Waals surface area contributed by atoms with Crippen molar-refractivity contribution in [2.75, 3.05) is 12.4 Å². The highest BCUT2D eigenvalue weighted by Crippen LogP contribution is 2.14. The van der Waals surface area contributed by atoms with Gasteiger partial charge in [-0.2, -0.15) is 5.26 Å². The highest BCUT2D eigenvalue weighted by molar-refractivity contribution is 5.94. The third-order valence-corrected chi connectivity index (χ3v) is 3.98. The molecule has 0 saturated carbocycles. The Bertz CT molecular complexity index is 733.